The lowest BCUT2D eigenvalue weighted by atomic mass is 10.2. The highest BCUT2D eigenvalue weighted by atomic mass is 32.2. The number of amides is 1. The fourth-order valence-corrected chi connectivity index (χ4v) is 3.94. The van der Waals surface area contributed by atoms with E-state index in [1.54, 1.807) is 6.07 Å². The molecule has 0 saturated carbocycles. The normalized spacial score (nSPS) is 10.8. The van der Waals surface area contributed by atoms with Crippen molar-refractivity contribution >= 4 is 34.7 Å². The summed E-state index contributed by atoms with van der Waals surface area (Å²) < 4.78 is 1.86. The number of non-ortho nitro benzene ring substituents is 1. The van der Waals surface area contributed by atoms with Crippen molar-refractivity contribution in [3.05, 3.63) is 57.5 Å². The van der Waals surface area contributed by atoms with Gasteiger partial charge in [0.25, 0.3) is 5.69 Å². The predicted molar refractivity (Wildman–Crippen MR) is 99.8 cm³/mol. The maximum absolute atomic E-state index is 11.2. The summed E-state index contributed by atoms with van der Waals surface area (Å²) in [7, 11) is 0. The van der Waals surface area contributed by atoms with Crippen molar-refractivity contribution in [1.82, 2.24) is 14.8 Å². The SMILES string of the molecule is NC(=O)CCn1c(SCc2cccc([N+](=O)[O-])c2)nnc1-c1cccs1. The minimum atomic E-state index is -0.418. The number of hydrogen-bond acceptors (Lipinski definition) is 7. The maximum Gasteiger partial charge on any atom is 0.269 e. The molecule has 0 saturated heterocycles. The average molecular weight is 389 g/mol. The molecule has 1 aromatic carbocycles. The van der Waals surface area contributed by atoms with E-state index in [9.17, 15) is 14.9 Å². The van der Waals surface area contributed by atoms with E-state index >= 15 is 0 Å². The van der Waals surface area contributed by atoms with Gasteiger partial charge in [-0.05, 0) is 17.0 Å². The second-order valence-corrected chi connectivity index (χ2v) is 7.26. The Balaban J connectivity index is 1.81. The van der Waals surface area contributed by atoms with E-state index in [0.717, 1.165) is 10.4 Å². The Morgan fingerprint density at radius 2 is 2.15 bits per heavy atom. The van der Waals surface area contributed by atoms with Crippen molar-refractivity contribution in [3.8, 4) is 10.7 Å². The zero-order chi connectivity index (χ0) is 18.5. The van der Waals surface area contributed by atoms with Gasteiger partial charge in [-0.3, -0.25) is 14.9 Å². The van der Waals surface area contributed by atoms with Crippen LogP contribution in [-0.4, -0.2) is 25.6 Å². The quantitative estimate of drug-likeness (QED) is 0.359. The Hall–Kier alpha value is -2.72. The summed E-state index contributed by atoms with van der Waals surface area (Å²) in [5.41, 5.74) is 6.14. The lowest BCUT2D eigenvalue weighted by Crippen LogP contribution is -2.14. The van der Waals surface area contributed by atoms with E-state index in [4.69, 9.17) is 5.73 Å². The molecule has 0 bridgehead atoms. The molecule has 3 aromatic rings. The zero-order valence-corrected chi connectivity index (χ0v) is 15.2. The topological polar surface area (TPSA) is 117 Å². The summed E-state index contributed by atoms with van der Waals surface area (Å²) in [5, 5.41) is 21.9. The molecule has 10 heteroatoms. The summed E-state index contributed by atoms with van der Waals surface area (Å²) in [6.45, 7) is 0.382. The molecule has 0 radical (unpaired) electrons. The van der Waals surface area contributed by atoms with Gasteiger partial charge in [0.05, 0.1) is 9.80 Å². The number of nitrogens with zero attached hydrogens (tertiary/aromatic N) is 4. The number of hydrogen-bond donors (Lipinski definition) is 1. The molecule has 0 fully saturated rings. The Bertz CT molecular complexity index is 924. The third kappa shape index (κ3) is 4.27. The standard InChI is InChI=1S/C16H15N5O3S2/c17-14(22)6-7-20-15(13-5-2-8-25-13)18-19-16(20)26-10-11-3-1-4-12(9-11)21(23)24/h1-5,8-9H,6-7,10H2,(H2,17,22). The van der Waals surface area contributed by atoms with Crippen LogP contribution in [0.25, 0.3) is 10.7 Å². The van der Waals surface area contributed by atoms with Crippen LogP contribution in [0.15, 0.2) is 46.9 Å². The molecule has 0 unspecified atom stereocenters. The largest absolute Gasteiger partial charge is 0.370 e. The lowest BCUT2D eigenvalue weighted by Gasteiger charge is -2.08. The van der Waals surface area contributed by atoms with Crippen molar-refractivity contribution in [2.75, 3.05) is 0 Å². The second-order valence-electron chi connectivity index (χ2n) is 5.37. The molecule has 134 valence electrons. The van der Waals surface area contributed by atoms with Gasteiger partial charge in [-0.25, -0.2) is 0 Å². The predicted octanol–water partition coefficient (Wildman–Crippen LogP) is 3.08. The van der Waals surface area contributed by atoms with Gasteiger partial charge < -0.3 is 10.3 Å². The first-order chi connectivity index (χ1) is 12.5. The van der Waals surface area contributed by atoms with Crippen LogP contribution in [0.5, 0.6) is 0 Å². The van der Waals surface area contributed by atoms with Crippen molar-refractivity contribution in [2.45, 2.75) is 23.9 Å². The van der Waals surface area contributed by atoms with E-state index in [-0.39, 0.29) is 12.1 Å². The molecule has 3 rings (SSSR count). The summed E-state index contributed by atoms with van der Waals surface area (Å²) >= 11 is 2.94. The van der Waals surface area contributed by atoms with E-state index in [2.05, 4.69) is 10.2 Å². The Labute approximate surface area is 157 Å². The average Bonchev–Trinajstić information content (AvgIpc) is 3.27. The van der Waals surface area contributed by atoms with Crippen molar-refractivity contribution in [1.29, 1.82) is 0 Å². The Morgan fingerprint density at radius 3 is 2.85 bits per heavy atom. The van der Waals surface area contributed by atoms with Crippen LogP contribution in [0.4, 0.5) is 5.69 Å². The molecular formula is C16H15N5O3S2. The number of rotatable bonds is 8. The highest BCUT2D eigenvalue weighted by Crippen LogP contribution is 2.29. The number of nitro groups is 1. The van der Waals surface area contributed by atoms with E-state index < -0.39 is 10.8 Å². The minimum absolute atomic E-state index is 0.0533. The number of nitro benzene ring substituents is 1. The zero-order valence-electron chi connectivity index (χ0n) is 13.6. The third-order valence-corrected chi connectivity index (χ3v) is 5.43. The molecule has 8 nitrogen and oxygen atoms in total. The smallest absolute Gasteiger partial charge is 0.269 e. The first-order valence-electron chi connectivity index (χ1n) is 7.66. The number of carbonyl (C=O) groups is 1. The van der Waals surface area contributed by atoms with Gasteiger partial charge in [-0.2, -0.15) is 0 Å². The van der Waals surface area contributed by atoms with Crippen LogP contribution in [0.3, 0.4) is 0 Å². The third-order valence-electron chi connectivity index (χ3n) is 3.53. The first-order valence-corrected chi connectivity index (χ1v) is 9.52. The molecule has 2 heterocycles. The number of carbonyl (C=O) groups excluding carboxylic acids is 1. The molecule has 0 aliphatic carbocycles. The number of benzene rings is 1. The Morgan fingerprint density at radius 1 is 1.31 bits per heavy atom. The van der Waals surface area contributed by atoms with E-state index in [1.807, 2.05) is 28.1 Å². The molecule has 2 aromatic heterocycles. The van der Waals surface area contributed by atoms with Crippen LogP contribution in [0, 0.1) is 10.1 Å². The molecule has 2 N–H and O–H groups in total. The van der Waals surface area contributed by atoms with Crippen LogP contribution >= 0.6 is 23.1 Å². The van der Waals surface area contributed by atoms with Crippen LogP contribution in [0.1, 0.15) is 12.0 Å². The number of aromatic nitrogens is 3. The van der Waals surface area contributed by atoms with E-state index in [1.165, 1.54) is 35.2 Å². The van der Waals surface area contributed by atoms with Gasteiger partial charge in [-0.1, -0.05) is 30.0 Å². The monoisotopic (exact) mass is 389 g/mol. The van der Waals surface area contributed by atoms with Gasteiger partial charge in [0.15, 0.2) is 11.0 Å². The summed E-state index contributed by atoms with van der Waals surface area (Å²) in [6, 6.07) is 10.3. The highest BCUT2D eigenvalue weighted by molar-refractivity contribution is 7.98. The number of thiophene rings is 1. The number of nitrogens with two attached hydrogens (primary N) is 1. The maximum atomic E-state index is 11.2. The minimum Gasteiger partial charge on any atom is -0.370 e. The summed E-state index contributed by atoms with van der Waals surface area (Å²) in [6.07, 6.45) is 0.181. The fraction of sp³-hybridized carbons (Fsp3) is 0.188. The first kappa shape index (κ1) is 18.1. The van der Waals surface area contributed by atoms with Gasteiger partial charge in [0.1, 0.15) is 0 Å². The van der Waals surface area contributed by atoms with E-state index in [0.29, 0.717) is 23.3 Å². The fourth-order valence-electron chi connectivity index (χ4n) is 2.31. The number of thioether (sulfide) groups is 1. The van der Waals surface area contributed by atoms with Crippen LogP contribution < -0.4 is 5.73 Å². The molecule has 0 aliphatic rings. The Kier molecular flexibility index (Phi) is 5.64. The van der Waals surface area contributed by atoms with Crippen LogP contribution in [0.2, 0.25) is 0 Å². The highest BCUT2D eigenvalue weighted by Gasteiger charge is 2.16. The van der Waals surface area contributed by atoms with Crippen molar-refractivity contribution in [2.24, 2.45) is 5.73 Å². The molecule has 0 atom stereocenters. The molecule has 0 aliphatic heterocycles. The van der Waals surface area contributed by atoms with Gasteiger partial charge in [-0.15, -0.1) is 21.5 Å². The van der Waals surface area contributed by atoms with Crippen LogP contribution in [-0.2, 0) is 17.1 Å². The second kappa shape index (κ2) is 8.11. The lowest BCUT2D eigenvalue weighted by molar-refractivity contribution is -0.384. The molecular weight excluding hydrogens is 374 g/mol. The number of primary amides is 1. The summed E-state index contributed by atoms with van der Waals surface area (Å²) in [4.78, 5) is 22.6. The molecule has 1 amide bonds. The summed E-state index contributed by atoms with van der Waals surface area (Å²) in [5.74, 6) is 0.786. The molecule has 26 heavy (non-hydrogen) atoms. The van der Waals surface area contributed by atoms with Crippen molar-refractivity contribution in [3.63, 3.8) is 0 Å². The molecule has 0 spiro atoms. The van der Waals surface area contributed by atoms with Gasteiger partial charge >= 0.3 is 0 Å². The van der Waals surface area contributed by atoms with Gasteiger partial charge in [0, 0.05) is 30.9 Å². The van der Waals surface area contributed by atoms with Gasteiger partial charge in [0.2, 0.25) is 5.91 Å². The van der Waals surface area contributed by atoms with Crippen molar-refractivity contribution < 1.29 is 9.72 Å².